The second-order valence-electron chi connectivity index (χ2n) is 3.09. The highest BCUT2D eigenvalue weighted by atomic mass is 16.7. The van der Waals surface area contributed by atoms with Crippen LogP contribution < -0.4 is 0 Å². The van der Waals surface area contributed by atoms with E-state index in [-0.39, 0.29) is 0 Å². The van der Waals surface area contributed by atoms with Gasteiger partial charge in [0, 0.05) is 0 Å². The van der Waals surface area contributed by atoms with Crippen molar-refractivity contribution in [3.63, 3.8) is 0 Å². The molecule has 0 amide bonds. The van der Waals surface area contributed by atoms with Crippen LogP contribution in [0.5, 0.6) is 0 Å². The van der Waals surface area contributed by atoms with Gasteiger partial charge in [-0.3, -0.25) is 4.79 Å². The van der Waals surface area contributed by atoms with Crippen LogP contribution in [-0.2, 0) is 14.3 Å². The van der Waals surface area contributed by atoms with Crippen molar-refractivity contribution in [1.29, 1.82) is 0 Å². The highest BCUT2D eigenvalue weighted by Gasteiger charge is 2.25. The molecule has 0 aliphatic heterocycles. The van der Waals surface area contributed by atoms with Gasteiger partial charge in [-0.05, 0) is 20.8 Å². The van der Waals surface area contributed by atoms with Crippen LogP contribution in [0.25, 0.3) is 0 Å². The predicted octanol–water partition coefficient (Wildman–Crippen LogP) is 1.34. The average Bonchev–Trinajstić information content (AvgIpc) is 1.85. The lowest BCUT2D eigenvalue weighted by molar-refractivity contribution is -0.148. The lowest BCUT2D eigenvalue weighted by Gasteiger charge is -2.13. The molecule has 4 heteroatoms. The van der Waals surface area contributed by atoms with Crippen LogP contribution in [0.15, 0.2) is 0 Å². The fourth-order valence-electron chi connectivity index (χ4n) is 0.270. The Bertz CT molecular complexity index is 166. The minimum atomic E-state index is -0.968. The van der Waals surface area contributed by atoms with Crippen molar-refractivity contribution in [2.45, 2.75) is 20.8 Å². The molecule has 0 atom stereocenters. The van der Waals surface area contributed by atoms with Crippen LogP contribution >= 0.6 is 0 Å². The Kier molecular flexibility index (Phi) is 3.04. The van der Waals surface area contributed by atoms with E-state index >= 15 is 0 Å². The molecule has 0 saturated carbocycles. The lowest BCUT2D eigenvalue weighted by atomic mass is 9.98. The standard InChI is InChI=1S/C7H12O4/c1-7(2,3)5(8)11-6(9)10-4/h1-4H3. The summed E-state index contributed by atoms with van der Waals surface area (Å²) in [5.74, 6) is -0.593. The quantitative estimate of drug-likeness (QED) is 0.396. The third kappa shape index (κ3) is 3.60. The number of esters is 1. The van der Waals surface area contributed by atoms with Crippen molar-refractivity contribution in [2.75, 3.05) is 7.11 Å². The van der Waals surface area contributed by atoms with Crippen molar-refractivity contribution >= 4 is 12.1 Å². The minimum absolute atomic E-state index is 0.593. The fourth-order valence-corrected chi connectivity index (χ4v) is 0.270. The molecular formula is C7H12O4. The molecule has 0 bridgehead atoms. The number of hydrogen-bond acceptors (Lipinski definition) is 4. The van der Waals surface area contributed by atoms with Crippen molar-refractivity contribution in [3.8, 4) is 0 Å². The molecular weight excluding hydrogens is 148 g/mol. The zero-order valence-electron chi connectivity index (χ0n) is 7.13. The summed E-state index contributed by atoms with van der Waals surface area (Å²) in [7, 11) is 1.15. The predicted molar refractivity (Wildman–Crippen MR) is 38.0 cm³/mol. The van der Waals surface area contributed by atoms with Crippen molar-refractivity contribution in [2.24, 2.45) is 5.41 Å². The maximum Gasteiger partial charge on any atom is 0.515 e. The Labute approximate surface area is 65.5 Å². The molecule has 0 aromatic carbocycles. The van der Waals surface area contributed by atoms with E-state index in [0.29, 0.717) is 0 Å². The van der Waals surface area contributed by atoms with E-state index in [2.05, 4.69) is 9.47 Å². The molecule has 0 heterocycles. The summed E-state index contributed by atoms with van der Waals surface area (Å²) in [6, 6.07) is 0. The largest absolute Gasteiger partial charge is 0.515 e. The van der Waals surface area contributed by atoms with Crippen LogP contribution in [0, 0.1) is 5.41 Å². The Hall–Kier alpha value is -1.06. The molecule has 0 unspecified atom stereocenters. The molecule has 0 aliphatic carbocycles. The zero-order valence-corrected chi connectivity index (χ0v) is 7.13. The second-order valence-corrected chi connectivity index (χ2v) is 3.09. The van der Waals surface area contributed by atoms with Crippen LogP contribution in [0.1, 0.15) is 20.8 Å². The Morgan fingerprint density at radius 3 is 1.91 bits per heavy atom. The lowest BCUT2D eigenvalue weighted by Crippen LogP contribution is -2.25. The van der Waals surface area contributed by atoms with Crippen LogP contribution in [-0.4, -0.2) is 19.2 Å². The van der Waals surface area contributed by atoms with Crippen molar-refractivity contribution in [3.05, 3.63) is 0 Å². The molecule has 0 aromatic heterocycles. The smallest absolute Gasteiger partial charge is 0.437 e. The number of methoxy groups -OCH3 is 1. The monoisotopic (exact) mass is 160 g/mol. The maximum absolute atomic E-state index is 10.9. The third-order valence-corrected chi connectivity index (χ3v) is 0.955. The van der Waals surface area contributed by atoms with Crippen molar-refractivity contribution in [1.82, 2.24) is 0 Å². The zero-order chi connectivity index (χ0) is 9.07. The summed E-state index contributed by atoms with van der Waals surface area (Å²) < 4.78 is 8.40. The van der Waals surface area contributed by atoms with Gasteiger partial charge in [0.1, 0.15) is 0 Å². The normalized spacial score (nSPS) is 10.5. The molecule has 0 radical (unpaired) electrons. The van der Waals surface area contributed by atoms with Crippen LogP contribution in [0.3, 0.4) is 0 Å². The summed E-state index contributed by atoms with van der Waals surface area (Å²) in [6.45, 7) is 4.95. The number of carbonyl (C=O) groups excluding carboxylic acids is 2. The Morgan fingerprint density at radius 2 is 1.64 bits per heavy atom. The third-order valence-electron chi connectivity index (χ3n) is 0.955. The Morgan fingerprint density at radius 1 is 1.18 bits per heavy atom. The van der Waals surface area contributed by atoms with E-state index in [9.17, 15) is 9.59 Å². The molecule has 0 fully saturated rings. The van der Waals surface area contributed by atoms with E-state index in [0.717, 1.165) is 7.11 Å². The first kappa shape index (κ1) is 9.94. The summed E-state index contributed by atoms with van der Waals surface area (Å²) in [5, 5.41) is 0. The van der Waals surface area contributed by atoms with E-state index in [1.807, 2.05) is 0 Å². The first-order valence-corrected chi connectivity index (χ1v) is 3.18. The van der Waals surface area contributed by atoms with Gasteiger partial charge in [0.2, 0.25) is 0 Å². The highest BCUT2D eigenvalue weighted by Crippen LogP contribution is 2.15. The average molecular weight is 160 g/mol. The molecule has 0 rings (SSSR count). The van der Waals surface area contributed by atoms with Crippen LogP contribution in [0.4, 0.5) is 4.79 Å². The van der Waals surface area contributed by atoms with E-state index in [1.54, 1.807) is 20.8 Å². The number of carbonyl (C=O) groups is 2. The van der Waals surface area contributed by atoms with Gasteiger partial charge >= 0.3 is 12.1 Å². The van der Waals surface area contributed by atoms with E-state index in [4.69, 9.17) is 0 Å². The Balaban J connectivity index is 3.99. The summed E-state index contributed by atoms with van der Waals surface area (Å²) in [6.07, 6.45) is -0.968. The highest BCUT2D eigenvalue weighted by molar-refractivity contribution is 5.85. The maximum atomic E-state index is 10.9. The molecule has 0 aromatic rings. The number of hydrogen-bond donors (Lipinski definition) is 0. The molecule has 4 nitrogen and oxygen atoms in total. The number of rotatable bonds is 0. The molecule has 0 spiro atoms. The van der Waals surface area contributed by atoms with E-state index < -0.39 is 17.5 Å². The second kappa shape index (κ2) is 3.37. The topological polar surface area (TPSA) is 52.6 Å². The molecule has 64 valence electrons. The first-order valence-electron chi connectivity index (χ1n) is 3.18. The van der Waals surface area contributed by atoms with Gasteiger partial charge in [0.15, 0.2) is 0 Å². The molecule has 11 heavy (non-hydrogen) atoms. The first-order chi connectivity index (χ1) is 4.88. The van der Waals surface area contributed by atoms with Gasteiger partial charge < -0.3 is 9.47 Å². The van der Waals surface area contributed by atoms with Gasteiger partial charge in [-0.1, -0.05) is 0 Å². The fraction of sp³-hybridized carbons (Fsp3) is 0.714. The van der Waals surface area contributed by atoms with Gasteiger partial charge in [0.25, 0.3) is 0 Å². The van der Waals surface area contributed by atoms with Gasteiger partial charge in [-0.25, -0.2) is 4.79 Å². The minimum Gasteiger partial charge on any atom is -0.437 e. The summed E-state index contributed by atoms with van der Waals surface area (Å²) >= 11 is 0. The van der Waals surface area contributed by atoms with Gasteiger partial charge in [-0.2, -0.15) is 0 Å². The molecule has 0 N–H and O–H groups in total. The van der Waals surface area contributed by atoms with Gasteiger partial charge in [0.05, 0.1) is 12.5 Å². The molecule has 0 aliphatic rings. The van der Waals surface area contributed by atoms with Crippen LogP contribution in [0.2, 0.25) is 0 Å². The SMILES string of the molecule is COC(=O)OC(=O)C(C)(C)C. The number of ether oxygens (including phenoxy) is 2. The molecule has 0 saturated heterocycles. The van der Waals surface area contributed by atoms with E-state index in [1.165, 1.54) is 0 Å². The summed E-state index contributed by atoms with van der Waals surface area (Å²) in [5.41, 5.74) is -0.672. The van der Waals surface area contributed by atoms with Gasteiger partial charge in [-0.15, -0.1) is 0 Å². The van der Waals surface area contributed by atoms with Crippen molar-refractivity contribution < 1.29 is 19.1 Å². The summed E-state index contributed by atoms with van der Waals surface area (Å²) in [4.78, 5) is 21.3.